The van der Waals surface area contributed by atoms with Gasteiger partial charge in [-0.3, -0.25) is 0 Å². The van der Waals surface area contributed by atoms with Crippen LogP contribution in [0.4, 0.5) is 0 Å². The molecule has 3 aromatic rings. The highest BCUT2D eigenvalue weighted by Gasteiger charge is 2.09. The molecule has 1 aromatic heterocycles. The molecule has 0 spiro atoms. The first-order chi connectivity index (χ1) is 12.2. The van der Waals surface area contributed by atoms with Crippen LogP contribution in [0, 0.1) is 13.8 Å². The third-order valence-electron chi connectivity index (χ3n) is 4.60. The minimum Gasteiger partial charge on any atom is -0.493 e. The Bertz CT molecular complexity index is 839. The maximum atomic E-state index is 5.95. The lowest BCUT2D eigenvalue weighted by Gasteiger charge is -2.12. The second kappa shape index (κ2) is 8.17. The maximum absolute atomic E-state index is 5.95. The van der Waals surface area contributed by atoms with Crippen LogP contribution < -0.4 is 4.74 Å². The fourth-order valence-electron chi connectivity index (χ4n) is 3.05. The second-order valence-electron chi connectivity index (χ2n) is 6.36. The van der Waals surface area contributed by atoms with Gasteiger partial charge in [-0.2, -0.15) is 0 Å². The van der Waals surface area contributed by atoms with Gasteiger partial charge in [0.1, 0.15) is 18.2 Å². The molecule has 0 bridgehead atoms. The van der Waals surface area contributed by atoms with Crippen LogP contribution in [0.1, 0.15) is 29.8 Å². The van der Waals surface area contributed by atoms with Crippen molar-refractivity contribution < 1.29 is 9.47 Å². The molecule has 0 N–H and O–H groups in total. The van der Waals surface area contributed by atoms with Gasteiger partial charge < -0.3 is 14.0 Å². The molecule has 1 heterocycles. The monoisotopic (exact) mass is 338 g/mol. The smallest absolute Gasteiger partial charge is 0.135 e. The number of aryl methyl sites for hydroxylation is 2. The van der Waals surface area contributed by atoms with Crippen LogP contribution in [0.3, 0.4) is 0 Å². The van der Waals surface area contributed by atoms with Gasteiger partial charge in [0.25, 0.3) is 0 Å². The molecule has 0 radical (unpaired) electrons. The predicted molar refractivity (Wildman–Crippen MR) is 101 cm³/mol. The molecule has 0 aliphatic carbocycles. The van der Waals surface area contributed by atoms with Gasteiger partial charge in [0, 0.05) is 13.7 Å². The van der Waals surface area contributed by atoms with Gasteiger partial charge >= 0.3 is 0 Å². The summed E-state index contributed by atoms with van der Waals surface area (Å²) < 4.78 is 13.5. The lowest BCUT2D eigenvalue weighted by Crippen LogP contribution is -2.07. The molecule has 0 saturated carbocycles. The zero-order valence-corrected chi connectivity index (χ0v) is 15.3. The van der Waals surface area contributed by atoms with Gasteiger partial charge in [-0.1, -0.05) is 24.3 Å². The maximum Gasteiger partial charge on any atom is 0.135 e. The number of para-hydroxylation sites is 2. The zero-order valence-electron chi connectivity index (χ0n) is 15.3. The average molecular weight is 338 g/mol. The van der Waals surface area contributed by atoms with E-state index in [0.29, 0.717) is 6.61 Å². The van der Waals surface area contributed by atoms with E-state index in [1.807, 2.05) is 18.2 Å². The number of imidazole rings is 1. The van der Waals surface area contributed by atoms with Gasteiger partial charge in [-0.25, -0.2) is 4.98 Å². The van der Waals surface area contributed by atoms with Crippen molar-refractivity contribution in [3.8, 4) is 5.75 Å². The summed E-state index contributed by atoms with van der Waals surface area (Å²) in [6.07, 6.45) is 2.05. The van der Waals surface area contributed by atoms with E-state index in [9.17, 15) is 0 Å². The van der Waals surface area contributed by atoms with Crippen LogP contribution in [0.15, 0.2) is 42.5 Å². The fourth-order valence-corrected chi connectivity index (χ4v) is 3.05. The molecule has 25 heavy (non-hydrogen) atoms. The van der Waals surface area contributed by atoms with E-state index in [0.717, 1.165) is 43.1 Å². The second-order valence-corrected chi connectivity index (χ2v) is 6.36. The average Bonchev–Trinajstić information content (AvgIpc) is 2.96. The normalized spacial score (nSPS) is 11.2. The van der Waals surface area contributed by atoms with Gasteiger partial charge in [0.05, 0.1) is 17.6 Å². The molecule has 0 aliphatic rings. The first-order valence-corrected chi connectivity index (χ1v) is 8.83. The standard InChI is InChI=1S/C21H26N2O2/c1-16-9-8-12-20(17(16)2)25-14-7-6-13-23-19-11-5-4-10-18(19)22-21(23)15-24-3/h4-5,8-12H,6-7,13-15H2,1-3H3. The molecule has 4 heteroatoms. The van der Waals surface area contributed by atoms with Gasteiger partial charge in [-0.15, -0.1) is 0 Å². The Morgan fingerprint density at radius 3 is 2.68 bits per heavy atom. The van der Waals surface area contributed by atoms with E-state index in [-0.39, 0.29) is 0 Å². The lowest BCUT2D eigenvalue weighted by molar-refractivity contribution is 0.174. The van der Waals surface area contributed by atoms with Crippen molar-refractivity contribution in [1.82, 2.24) is 9.55 Å². The van der Waals surface area contributed by atoms with Crippen LogP contribution in [-0.4, -0.2) is 23.3 Å². The van der Waals surface area contributed by atoms with Crippen molar-refractivity contribution in [1.29, 1.82) is 0 Å². The molecule has 4 nitrogen and oxygen atoms in total. The molecule has 0 aliphatic heterocycles. The Kier molecular flexibility index (Phi) is 5.71. The van der Waals surface area contributed by atoms with Gasteiger partial charge in [0.15, 0.2) is 0 Å². The van der Waals surface area contributed by atoms with E-state index in [1.165, 1.54) is 16.6 Å². The molecule has 3 rings (SSSR count). The Labute approximate surface area is 149 Å². The summed E-state index contributed by atoms with van der Waals surface area (Å²) in [5, 5.41) is 0. The number of ether oxygens (including phenoxy) is 2. The van der Waals surface area contributed by atoms with E-state index >= 15 is 0 Å². The summed E-state index contributed by atoms with van der Waals surface area (Å²) in [7, 11) is 1.71. The molecular weight excluding hydrogens is 312 g/mol. The van der Waals surface area contributed by atoms with Crippen LogP contribution >= 0.6 is 0 Å². The molecule has 132 valence electrons. The van der Waals surface area contributed by atoms with E-state index in [1.54, 1.807) is 7.11 Å². The number of nitrogens with zero attached hydrogens (tertiary/aromatic N) is 2. The van der Waals surface area contributed by atoms with Crippen LogP contribution in [0.2, 0.25) is 0 Å². The first kappa shape index (κ1) is 17.5. The highest BCUT2D eigenvalue weighted by molar-refractivity contribution is 5.75. The third-order valence-corrected chi connectivity index (χ3v) is 4.60. The van der Waals surface area contributed by atoms with E-state index in [2.05, 4.69) is 47.7 Å². The molecule has 0 saturated heterocycles. The number of hydrogen-bond donors (Lipinski definition) is 0. The number of aromatic nitrogens is 2. The SMILES string of the molecule is COCc1nc2ccccc2n1CCCCOc1cccc(C)c1C. The summed E-state index contributed by atoms with van der Waals surface area (Å²) in [4.78, 5) is 4.68. The minimum absolute atomic E-state index is 0.535. The Balaban J connectivity index is 1.58. The van der Waals surface area contributed by atoms with E-state index in [4.69, 9.17) is 9.47 Å². The van der Waals surface area contributed by atoms with Crippen LogP contribution in [0.25, 0.3) is 11.0 Å². The number of methoxy groups -OCH3 is 1. The largest absolute Gasteiger partial charge is 0.493 e. The van der Waals surface area contributed by atoms with E-state index < -0.39 is 0 Å². The van der Waals surface area contributed by atoms with Crippen LogP contribution in [0.5, 0.6) is 5.75 Å². The van der Waals surface area contributed by atoms with Gasteiger partial charge in [-0.05, 0) is 56.0 Å². The first-order valence-electron chi connectivity index (χ1n) is 8.83. The molecular formula is C21H26N2O2. The Morgan fingerprint density at radius 1 is 1.00 bits per heavy atom. The summed E-state index contributed by atoms with van der Waals surface area (Å²) >= 11 is 0. The predicted octanol–water partition coefficient (Wildman–Crippen LogP) is 4.66. The van der Waals surface area contributed by atoms with Crippen LogP contribution in [-0.2, 0) is 17.9 Å². The van der Waals surface area contributed by atoms with Crippen molar-refractivity contribution in [3.63, 3.8) is 0 Å². The highest BCUT2D eigenvalue weighted by atomic mass is 16.5. The van der Waals surface area contributed by atoms with Crippen molar-refractivity contribution >= 4 is 11.0 Å². The number of unbranched alkanes of at least 4 members (excludes halogenated alkanes) is 1. The number of fused-ring (bicyclic) bond motifs is 1. The minimum atomic E-state index is 0.535. The zero-order chi connectivity index (χ0) is 17.6. The van der Waals surface area contributed by atoms with Crippen molar-refractivity contribution in [3.05, 3.63) is 59.4 Å². The van der Waals surface area contributed by atoms with Crippen molar-refractivity contribution in [2.24, 2.45) is 0 Å². The number of benzene rings is 2. The lowest BCUT2D eigenvalue weighted by atomic mass is 10.1. The molecule has 0 unspecified atom stereocenters. The van der Waals surface area contributed by atoms with Gasteiger partial charge in [0.2, 0.25) is 0 Å². The fraction of sp³-hybridized carbons (Fsp3) is 0.381. The van der Waals surface area contributed by atoms with Crippen molar-refractivity contribution in [2.45, 2.75) is 39.8 Å². The quantitative estimate of drug-likeness (QED) is 0.561. The topological polar surface area (TPSA) is 36.3 Å². The highest BCUT2D eigenvalue weighted by Crippen LogP contribution is 2.21. The molecule has 0 atom stereocenters. The summed E-state index contributed by atoms with van der Waals surface area (Å²) in [5.74, 6) is 1.98. The third kappa shape index (κ3) is 4.02. The molecule has 0 fully saturated rings. The summed E-state index contributed by atoms with van der Waals surface area (Å²) in [5.41, 5.74) is 4.70. The Morgan fingerprint density at radius 2 is 1.84 bits per heavy atom. The number of hydrogen-bond acceptors (Lipinski definition) is 3. The van der Waals surface area contributed by atoms with Crippen molar-refractivity contribution in [2.75, 3.05) is 13.7 Å². The Hall–Kier alpha value is -2.33. The number of rotatable bonds is 8. The summed E-state index contributed by atoms with van der Waals surface area (Å²) in [6.45, 7) is 6.42. The molecule has 2 aromatic carbocycles. The summed E-state index contributed by atoms with van der Waals surface area (Å²) in [6, 6.07) is 14.5. The molecule has 0 amide bonds.